The molecule has 0 saturated heterocycles. The highest BCUT2D eigenvalue weighted by atomic mass is 32.2. The van der Waals surface area contributed by atoms with Crippen molar-refractivity contribution >= 4 is 21.5 Å². The first kappa shape index (κ1) is 17.9. The molecule has 0 atom stereocenters. The number of anilines is 1. The molecule has 0 aromatic heterocycles. The SMILES string of the molecule is CN(Nc1ccccc1)C1=C(N=NN)CCc2cc(S(=O)(=O)O)ccc21. The molecule has 0 radical (unpaired) electrons. The predicted octanol–water partition coefficient (Wildman–Crippen LogP) is 2.83. The molecule has 0 bridgehead atoms. The number of benzene rings is 2. The summed E-state index contributed by atoms with van der Waals surface area (Å²) in [6, 6.07) is 14.1. The molecule has 2 aromatic rings. The number of fused-ring (bicyclic) bond motifs is 1. The zero-order valence-corrected chi connectivity index (χ0v) is 14.9. The van der Waals surface area contributed by atoms with Gasteiger partial charge in [-0.05, 0) is 42.7 Å². The van der Waals surface area contributed by atoms with Crippen molar-refractivity contribution in [2.45, 2.75) is 17.7 Å². The molecule has 0 fully saturated rings. The Bertz CT molecular complexity index is 971. The standard InChI is InChI=1S/C17H19N5O3S/c1-22(20-13-5-3-2-4-6-13)17-15-9-8-14(26(23,24)25)11-12(15)7-10-16(17)19-21-18/h2-6,8-9,11,20H,7,10H2,1H3,(H2,18,19)(H,23,24,25). The van der Waals surface area contributed by atoms with Gasteiger partial charge in [-0.1, -0.05) is 29.5 Å². The van der Waals surface area contributed by atoms with Gasteiger partial charge in [0.1, 0.15) is 0 Å². The second-order valence-corrected chi connectivity index (χ2v) is 7.26. The molecule has 2 aromatic carbocycles. The van der Waals surface area contributed by atoms with Gasteiger partial charge in [0.2, 0.25) is 0 Å². The first-order chi connectivity index (χ1) is 12.4. The van der Waals surface area contributed by atoms with Crippen LogP contribution in [0.3, 0.4) is 0 Å². The number of rotatable bonds is 5. The Morgan fingerprint density at radius 1 is 1.15 bits per heavy atom. The van der Waals surface area contributed by atoms with Crippen LogP contribution >= 0.6 is 0 Å². The number of allylic oxidation sites excluding steroid dienone is 1. The normalized spacial score (nSPS) is 14.4. The van der Waals surface area contributed by atoms with Crippen LogP contribution in [0.4, 0.5) is 5.69 Å². The van der Waals surface area contributed by atoms with Gasteiger partial charge in [-0.3, -0.25) is 15.0 Å². The fourth-order valence-corrected chi connectivity index (χ4v) is 3.53. The minimum Gasteiger partial charge on any atom is -0.305 e. The fourth-order valence-electron chi connectivity index (χ4n) is 3.00. The summed E-state index contributed by atoms with van der Waals surface area (Å²) in [5, 5.41) is 9.23. The van der Waals surface area contributed by atoms with E-state index in [0.29, 0.717) is 18.5 Å². The van der Waals surface area contributed by atoms with Crippen LogP contribution in [-0.4, -0.2) is 25.0 Å². The topological polar surface area (TPSA) is 120 Å². The van der Waals surface area contributed by atoms with Gasteiger partial charge in [0.15, 0.2) is 0 Å². The Kier molecular flexibility index (Phi) is 4.92. The number of hydrogen-bond acceptors (Lipinski definition) is 6. The van der Waals surface area contributed by atoms with Crippen molar-refractivity contribution in [2.75, 3.05) is 12.5 Å². The van der Waals surface area contributed by atoms with Crippen LogP contribution in [0.1, 0.15) is 17.5 Å². The van der Waals surface area contributed by atoms with Crippen LogP contribution < -0.4 is 11.3 Å². The smallest absolute Gasteiger partial charge is 0.294 e. The molecule has 3 rings (SSSR count). The lowest BCUT2D eigenvalue weighted by Gasteiger charge is -2.30. The van der Waals surface area contributed by atoms with E-state index < -0.39 is 10.1 Å². The second-order valence-electron chi connectivity index (χ2n) is 5.84. The van der Waals surface area contributed by atoms with E-state index in [0.717, 1.165) is 22.5 Å². The number of nitrogens with zero attached hydrogens (tertiary/aromatic N) is 3. The van der Waals surface area contributed by atoms with Gasteiger partial charge in [0, 0.05) is 12.6 Å². The predicted molar refractivity (Wildman–Crippen MR) is 98.4 cm³/mol. The van der Waals surface area contributed by atoms with E-state index in [1.54, 1.807) is 11.1 Å². The van der Waals surface area contributed by atoms with Gasteiger partial charge < -0.3 is 5.84 Å². The first-order valence-corrected chi connectivity index (χ1v) is 9.34. The van der Waals surface area contributed by atoms with Gasteiger partial charge in [-0.15, -0.1) is 5.11 Å². The van der Waals surface area contributed by atoms with Crippen LogP contribution in [-0.2, 0) is 16.5 Å². The summed E-state index contributed by atoms with van der Waals surface area (Å²) in [7, 11) is -2.42. The summed E-state index contributed by atoms with van der Waals surface area (Å²) in [5.41, 5.74) is 7.16. The van der Waals surface area contributed by atoms with E-state index in [-0.39, 0.29) is 4.90 Å². The Labute approximate surface area is 151 Å². The van der Waals surface area contributed by atoms with Gasteiger partial charge in [0.05, 0.1) is 22.0 Å². The first-order valence-electron chi connectivity index (χ1n) is 7.90. The number of nitrogens with two attached hydrogens (primary N) is 1. The zero-order chi connectivity index (χ0) is 18.7. The quantitative estimate of drug-likeness (QED) is 0.321. The zero-order valence-electron chi connectivity index (χ0n) is 14.1. The summed E-state index contributed by atoms with van der Waals surface area (Å²) in [4.78, 5) is -0.127. The molecule has 0 aliphatic heterocycles. The minimum absolute atomic E-state index is 0.127. The third-order valence-electron chi connectivity index (χ3n) is 4.12. The average molecular weight is 373 g/mol. The van der Waals surface area contributed by atoms with Crippen molar-refractivity contribution in [3.05, 3.63) is 65.4 Å². The number of aryl methyl sites for hydroxylation is 1. The van der Waals surface area contributed by atoms with Crippen molar-refractivity contribution in [3.63, 3.8) is 0 Å². The third kappa shape index (κ3) is 3.68. The third-order valence-corrected chi connectivity index (χ3v) is 4.97. The molecular weight excluding hydrogens is 354 g/mol. The molecule has 0 amide bonds. The maximum absolute atomic E-state index is 11.4. The van der Waals surface area contributed by atoms with E-state index in [4.69, 9.17) is 5.84 Å². The molecule has 0 unspecified atom stereocenters. The van der Waals surface area contributed by atoms with Crippen molar-refractivity contribution in [3.8, 4) is 0 Å². The molecule has 1 aliphatic carbocycles. The molecule has 4 N–H and O–H groups in total. The van der Waals surface area contributed by atoms with Crippen LogP contribution in [0.2, 0.25) is 0 Å². The van der Waals surface area contributed by atoms with Crippen molar-refractivity contribution < 1.29 is 13.0 Å². The fraction of sp³-hybridized carbons (Fsp3) is 0.176. The Hall–Kier alpha value is -2.91. The van der Waals surface area contributed by atoms with E-state index >= 15 is 0 Å². The van der Waals surface area contributed by atoms with Crippen molar-refractivity contribution in [2.24, 2.45) is 16.2 Å². The van der Waals surface area contributed by atoms with Crippen molar-refractivity contribution in [1.29, 1.82) is 0 Å². The molecule has 26 heavy (non-hydrogen) atoms. The van der Waals surface area contributed by atoms with E-state index in [2.05, 4.69) is 15.8 Å². The lowest BCUT2D eigenvalue weighted by atomic mass is 9.92. The minimum atomic E-state index is -4.25. The second kappa shape index (κ2) is 7.14. The van der Waals surface area contributed by atoms with Crippen LogP contribution in [0.5, 0.6) is 0 Å². The van der Waals surface area contributed by atoms with E-state index in [9.17, 15) is 13.0 Å². The summed E-state index contributed by atoms with van der Waals surface area (Å²) in [6.07, 6.45) is 1.11. The van der Waals surface area contributed by atoms with Crippen molar-refractivity contribution in [1.82, 2.24) is 5.01 Å². The summed E-state index contributed by atoms with van der Waals surface area (Å²) in [6.45, 7) is 0. The molecular formula is C17H19N5O3S. The molecule has 136 valence electrons. The lowest BCUT2D eigenvalue weighted by molar-refractivity contribution is 0.483. The molecule has 1 aliphatic rings. The van der Waals surface area contributed by atoms with Crippen LogP contribution in [0.15, 0.2) is 69.5 Å². The van der Waals surface area contributed by atoms with E-state index in [1.165, 1.54) is 12.1 Å². The van der Waals surface area contributed by atoms with E-state index in [1.807, 2.05) is 37.4 Å². The summed E-state index contributed by atoms with van der Waals surface area (Å²) < 4.78 is 32.1. The molecule has 9 heteroatoms. The molecule has 0 saturated carbocycles. The summed E-state index contributed by atoms with van der Waals surface area (Å²) >= 11 is 0. The molecule has 0 heterocycles. The number of hydrogen-bond donors (Lipinski definition) is 3. The van der Waals surface area contributed by atoms with Gasteiger partial charge in [-0.2, -0.15) is 8.42 Å². The lowest BCUT2D eigenvalue weighted by Crippen LogP contribution is -2.27. The number of para-hydroxylation sites is 1. The number of nitrogens with one attached hydrogen (secondary N) is 1. The molecule has 0 spiro atoms. The summed E-state index contributed by atoms with van der Waals surface area (Å²) in [5.74, 6) is 5.25. The average Bonchev–Trinajstić information content (AvgIpc) is 2.61. The highest BCUT2D eigenvalue weighted by Crippen LogP contribution is 2.35. The Balaban J connectivity index is 2.05. The highest BCUT2D eigenvalue weighted by molar-refractivity contribution is 7.85. The van der Waals surface area contributed by atoms with Gasteiger partial charge >= 0.3 is 0 Å². The van der Waals surface area contributed by atoms with Gasteiger partial charge in [-0.25, -0.2) is 0 Å². The maximum Gasteiger partial charge on any atom is 0.294 e. The Morgan fingerprint density at radius 2 is 1.88 bits per heavy atom. The van der Waals surface area contributed by atoms with Gasteiger partial charge in [0.25, 0.3) is 10.1 Å². The number of hydrazine groups is 1. The highest BCUT2D eigenvalue weighted by Gasteiger charge is 2.24. The largest absolute Gasteiger partial charge is 0.305 e. The monoisotopic (exact) mass is 373 g/mol. The van der Waals surface area contributed by atoms with Crippen LogP contribution in [0, 0.1) is 0 Å². The maximum atomic E-state index is 11.4. The Morgan fingerprint density at radius 3 is 2.54 bits per heavy atom. The molecule has 8 nitrogen and oxygen atoms in total. The van der Waals surface area contributed by atoms with Crippen LogP contribution in [0.25, 0.3) is 5.70 Å².